The van der Waals surface area contributed by atoms with Gasteiger partial charge in [0.2, 0.25) is 6.04 Å². The van der Waals surface area contributed by atoms with Crippen molar-refractivity contribution in [2.24, 2.45) is 11.8 Å². The van der Waals surface area contributed by atoms with Crippen molar-refractivity contribution in [2.75, 3.05) is 6.61 Å². The van der Waals surface area contributed by atoms with Gasteiger partial charge in [0.25, 0.3) is 0 Å². The molecule has 0 aromatic heterocycles. The number of nitrogens with zero attached hydrogens (tertiary/aromatic N) is 1. The Morgan fingerprint density at radius 1 is 1.28 bits per heavy atom. The van der Waals surface area contributed by atoms with E-state index in [0.717, 1.165) is 32.1 Å². The Morgan fingerprint density at radius 3 is 2.61 bits per heavy atom. The Morgan fingerprint density at radius 2 is 2.00 bits per heavy atom. The summed E-state index contributed by atoms with van der Waals surface area (Å²) in [5, 5.41) is 20.6. The van der Waals surface area contributed by atoms with Crippen LogP contribution in [0.25, 0.3) is 0 Å². The fourth-order valence-corrected chi connectivity index (χ4v) is 3.23. The van der Waals surface area contributed by atoms with Crippen molar-refractivity contribution in [3.63, 3.8) is 0 Å². The van der Waals surface area contributed by atoms with E-state index in [1.165, 1.54) is 19.3 Å². The van der Waals surface area contributed by atoms with Crippen LogP contribution in [0.4, 0.5) is 0 Å². The van der Waals surface area contributed by atoms with Crippen LogP contribution < -0.4 is 0 Å². The Kier molecular flexibility index (Phi) is 7.25. The van der Waals surface area contributed by atoms with Gasteiger partial charge >= 0.3 is 0 Å². The maximum absolute atomic E-state index is 11.1. The number of rotatable bonds is 8. The molecule has 0 radical (unpaired) electrons. The third-order valence-corrected chi connectivity index (χ3v) is 4.32. The van der Waals surface area contributed by atoms with Gasteiger partial charge in [-0.2, -0.15) is 0 Å². The number of hydrogen-bond acceptors (Lipinski definition) is 3. The standard InChI is InChI=1S/C14H27NO3/c1-2-3-4-5-8-12(11-16)13-9-6-7-10-14(13)15(17)18/h12-14,16H,2-11H2,1H3/t12?,13-,14-/m0/s1. The highest BCUT2D eigenvalue weighted by Gasteiger charge is 2.38. The Balaban J connectivity index is 2.47. The monoisotopic (exact) mass is 257 g/mol. The van der Waals surface area contributed by atoms with Crippen molar-refractivity contribution >= 4 is 0 Å². The second kappa shape index (κ2) is 8.46. The molecule has 1 aliphatic rings. The molecule has 3 atom stereocenters. The predicted molar refractivity (Wildman–Crippen MR) is 72.1 cm³/mol. The molecule has 106 valence electrons. The van der Waals surface area contributed by atoms with E-state index in [0.29, 0.717) is 6.42 Å². The summed E-state index contributed by atoms with van der Waals surface area (Å²) in [5.41, 5.74) is 0. The minimum atomic E-state index is -0.415. The summed E-state index contributed by atoms with van der Waals surface area (Å²) < 4.78 is 0. The van der Waals surface area contributed by atoms with Gasteiger partial charge in [0.15, 0.2) is 0 Å². The molecule has 1 rings (SSSR count). The lowest BCUT2D eigenvalue weighted by Gasteiger charge is -2.31. The van der Waals surface area contributed by atoms with Crippen molar-refractivity contribution < 1.29 is 10.0 Å². The number of aliphatic hydroxyl groups is 1. The molecule has 4 nitrogen and oxygen atoms in total. The summed E-state index contributed by atoms with van der Waals surface area (Å²) in [4.78, 5) is 11.0. The summed E-state index contributed by atoms with van der Waals surface area (Å²) in [6.07, 6.45) is 9.32. The average Bonchev–Trinajstić information content (AvgIpc) is 2.39. The van der Waals surface area contributed by atoms with E-state index in [-0.39, 0.29) is 23.4 Å². The first-order valence-corrected chi connectivity index (χ1v) is 7.45. The molecule has 0 aliphatic heterocycles. The molecule has 0 aromatic carbocycles. The van der Waals surface area contributed by atoms with Crippen LogP contribution in [0.5, 0.6) is 0 Å². The fraction of sp³-hybridized carbons (Fsp3) is 1.00. The molecule has 0 amide bonds. The first kappa shape index (κ1) is 15.4. The lowest BCUT2D eigenvalue weighted by molar-refractivity contribution is -0.538. The third kappa shape index (κ3) is 4.56. The van der Waals surface area contributed by atoms with Gasteiger partial charge in [-0.05, 0) is 25.2 Å². The van der Waals surface area contributed by atoms with Gasteiger partial charge in [0.05, 0.1) is 0 Å². The molecule has 1 fully saturated rings. The van der Waals surface area contributed by atoms with E-state index in [4.69, 9.17) is 0 Å². The molecule has 0 heterocycles. The highest BCUT2D eigenvalue weighted by molar-refractivity contribution is 4.81. The first-order chi connectivity index (χ1) is 8.70. The molecule has 1 N–H and O–H groups in total. The van der Waals surface area contributed by atoms with Crippen molar-refractivity contribution in [1.82, 2.24) is 0 Å². The molecule has 4 heteroatoms. The number of aliphatic hydroxyl groups excluding tert-OH is 1. The maximum Gasteiger partial charge on any atom is 0.216 e. The molecule has 1 saturated carbocycles. The zero-order valence-electron chi connectivity index (χ0n) is 11.5. The van der Waals surface area contributed by atoms with Crippen LogP contribution in [0, 0.1) is 22.0 Å². The molecule has 1 aliphatic carbocycles. The van der Waals surface area contributed by atoms with E-state index in [1.54, 1.807) is 0 Å². The van der Waals surface area contributed by atoms with E-state index in [2.05, 4.69) is 6.92 Å². The normalized spacial score (nSPS) is 25.9. The van der Waals surface area contributed by atoms with Gasteiger partial charge in [-0.25, -0.2) is 0 Å². The van der Waals surface area contributed by atoms with Crippen LogP contribution in [-0.2, 0) is 0 Å². The highest BCUT2D eigenvalue weighted by atomic mass is 16.6. The zero-order chi connectivity index (χ0) is 13.4. The van der Waals surface area contributed by atoms with Gasteiger partial charge < -0.3 is 5.11 Å². The second-order valence-corrected chi connectivity index (χ2v) is 5.59. The smallest absolute Gasteiger partial charge is 0.216 e. The van der Waals surface area contributed by atoms with Crippen LogP contribution in [0.15, 0.2) is 0 Å². The topological polar surface area (TPSA) is 63.4 Å². The van der Waals surface area contributed by atoms with E-state index in [9.17, 15) is 15.2 Å². The Bertz CT molecular complexity index is 245. The summed E-state index contributed by atoms with van der Waals surface area (Å²) >= 11 is 0. The summed E-state index contributed by atoms with van der Waals surface area (Å²) in [7, 11) is 0. The van der Waals surface area contributed by atoms with E-state index < -0.39 is 6.04 Å². The van der Waals surface area contributed by atoms with Crippen LogP contribution in [0.1, 0.15) is 64.7 Å². The number of hydrogen-bond donors (Lipinski definition) is 1. The molecule has 0 saturated heterocycles. The third-order valence-electron chi connectivity index (χ3n) is 4.32. The Labute approximate surface area is 110 Å². The molecule has 0 aromatic rings. The van der Waals surface area contributed by atoms with Crippen LogP contribution >= 0.6 is 0 Å². The van der Waals surface area contributed by atoms with Gasteiger partial charge in [0, 0.05) is 23.9 Å². The lowest BCUT2D eigenvalue weighted by atomic mass is 9.75. The van der Waals surface area contributed by atoms with Gasteiger partial charge in [-0.3, -0.25) is 10.1 Å². The fourth-order valence-electron chi connectivity index (χ4n) is 3.23. The minimum Gasteiger partial charge on any atom is -0.396 e. The Hall–Kier alpha value is -0.640. The predicted octanol–water partition coefficient (Wildman–Crippen LogP) is 3.40. The van der Waals surface area contributed by atoms with Crippen molar-refractivity contribution in [3.05, 3.63) is 10.1 Å². The van der Waals surface area contributed by atoms with Gasteiger partial charge in [0.1, 0.15) is 0 Å². The van der Waals surface area contributed by atoms with E-state index in [1.807, 2.05) is 0 Å². The van der Waals surface area contributed by atoms with Crippen molar-refractivity contribution in [1.29, 1.82) is 0 Å². The van der Waals surface area contributed by atoms with Gasteiger partial charge in [-0.15, -0.1) is 0 Å². The van der Waals surface area contributed by atoms with Crippen LogP contribution in [-0.4, -0.2) is 22.7 Å². The van der Waals surface area contributed by atoms with Crippen molar-refractivity contribution in [2.45, 2.75) is 70.8 Å². The summed E-state index contributed by atoms with van der Waals surface area (Å²) in [5.74, 6) is 0.234. The molecular weight excluding hydrogens is 230 g/mol. The highest BCUT2D eigenvalue weighted by Crippen LogP contribution is 2.34. The maximum atomic E-state index is 11.1. The molecule has 0 spiro atoms. The zero-order valence-corrected chi connectivity index (χ0v) is 11.5. The van der Waals surface area contributed by atoms with Crippen LogP contribution in [0.3, 0.4) is 0 Å². The number of nitro groups is 1. The first-order valence-electron chi connectivity index (χ1n) is 7.45. The van der Waals surface area contributed by atoms with Crippen molar-refractivity contribution in [3.8, 4) is 0 Å². The van der Waals surface area contributed by atoms with Crippen LogP contribution in [0.2, 0.25) is 0 Å². The number of unbranched alkanes of at least 4 members (excludes halogenated alkanes) is 3. The summed E-state index contributed by atoms with van der Waals surface area (Å²) in [6.45, 7) is 2.29. The SMILES string of the molecule is CCCCCCC(CO)[C@@H]1CCCC[C@@H]1[N+](=O)[O-]. The minimum absolute atomic E-state index is 0.0976. The molecule has 18 heavy (non-hydrogen) atoms. The summed E-state index contributed by atoms with van der Waals surface area (Å²) in [6, 6.07) is -0.415. The quantitative estimate of drug-likeness (QED) is 0.412. The largest absolute Gasteiger partial charge is 0.396 e. The lowest BCUT2D eigenvalue weighted by Crippen LogP contribution is -2.38. The van der Waals surface area contributed by atoms with E-state index >= 15 is 0 Å². The molecule has 1 unspecified atom stereocenters. The average molecular weight is 257 g/mol. The molecular formula is C14H27NO3. The van der Waals surface area contributed by atoms with Gasteiger partial charge in [-0.1, -0.05) is 39.0 Å². The second-order valence-electron chi connectivity index (χ2n) is 5.59. The molecule has 0 bridgehead atoms.